The fourth-order valence-electron chi connectivity index (χ4n) is 2.29. The molecule has 0 aliphatic rings. The number of unbranched alkanes of at least 4 members (excludes halogenated alkanes) is 9. The summed E-state index contributed by atoms with van der Waals surface area (Å²) in [4.78, 5) is 21.1. The summed E-state index contributed by atoms with van der Waals surface area (Å²) in [5.41, 5.74) is 0. The van der Waals surface area contributed by atoms with Gasteiger partial charge in [-0.25, -0.2) is 0 Å². The van der Waals surface area contributed by atoms with E-state index >= 15 is 0 Å². The van der Waals surface area contributed by atoms with E-state index in [-0.39, 0.29) is 59.1 Å². The molecule has 0 fully saturated rings. The van der Waals surface area contributed by atoms with Crippen LogP contribution in [-0.2, 0) is 9.59 Å². The van der Waals surface area contributed by atoms with Gasteiger partial charge in [-0.2, -0.15) is 0 Å². The number of hydrogen-bond acceptors (Lipinski definition) is 5. The molecule has 0 heterocycles. The number of rotatable bonds is 15. The minimum Gasteiger partial charge on any atom is -0.550 e. The van der Waals surface area contributed by atoms with Crippen LogP contribution in [0.1, 0.15) is 77.6 Å². The molecule has 1 atom stereocenters. The first-order valence-corrected chi connectivity index (χ1v) is 8.22. The Balaban J connectivity index is -0.00000200. The van der Waals surface area contributed by atoms with Gasteiger partial charge < -0.3 is 25.1 Å². The van der Waals surface area contributed by atoms with E-state index in [9.17, 15) is 19.8 Å². The molecule has 0 bridgehead atoms. The molecule has 0 aromatic carbocycles. The minimum absolute atomic E-state index is 0. The van der Waals surface area contributed by atoms with E-state index in [0.29, 0.717) is 6.54 Å². The van der Waals surface area contributed by atoms with Gasteiger partial charge in [-0.1, -0.05) is 64.7 Å². The van der Waals surface area contributed by atoms with Crippen molar-refractivity contribution < 1.29 is 78.9 Å². The quantitative estimate of drug-likeness (QED) is 0.237. The zero-order chi connectivity index (χ0) is 15.9. The summed E-state index contributed by atoms with van der Waals surface area (Å²) >= 11 is 0. The van der Waals surface area contributed by atoms with Gasteiger partial charge in [0, 0.05) is 12.4 Å². The second kappa shape index (κ2) is 20.9. The van der Waals surface area contributed by atoms with Crippen molar-refractivity contribution in [2.24, 2.45) is 0 Å². The van der Waals surface area contributed by atoms with Crippen LogP contribution in [0.2, 0.25) is 0 Å². The summed E-state index contributed by atoms with van der Waals surface area (Å²) in [5.74, 6) is -2.76. The number of carboxylic acid groups (broad SMARTS) is 2. The zero-order valence-electron chi connectivity index (χ0n) is 15.2. The topological polar surface area (TPSA) is 92.3 Å². The Bertz CT molecular complexity index is 291. The van der Waals surface area contributed by atoms with Gasteiger partial charge in [0.1, 0.15) is 0 Å². The van der Waals surface area contributed by atoms with E-state index in [1.807, 2.05) is 0 Å². The number of nitrogens with one attached hydrogen (secondary N) is 1. The molecule has 7 heteroatoms. The van der Waals surface area contributed by atoms with Crippen molar-refractivity contribution in [3.8, 4) is 0 Å². The van der Waals surface area contributed by atoms with Gasteiger partial charge in [-0.15, -0.1) is 0 Å². The monoisotopic (exact) mass is 345 g/mol. The molecule has 1 unspecified atom stereocenters. The first-order valence-electron chi connectivity index (χ1n) is 8.22. The molecule has 0 rings (SSSR count). The van der Waals surface area contributed by atoms with E-state index in [1.54, 1.807) is 0 Å². The Morgan fingerprint density at radius 3 is 1.65 bits per heavy atom. The third-order valence-electron chi connectivity index (χ3n) is 3.58. The standard InChI is InChI=1S/C16H31NO4.2Na/c1-2-3-4-5-6-7-8-9-10-11-12-17-14(16(20)21)13-15(18)19;;/h14,17H,2-13H2,1H3,(H,18,19)(H,20,21);;/q;2*+1/p-2. The molecule has 0 aliphatic heterocycles. The van der Waals surface area contributed by atoms with Gasteiger partial charge in [0.05, 0.1) is 12.0 Å². The number of hydrogen-bond donors (Lipinski definition) is 1. The summed E-state index contributed by atoms with van der Waals surface area (Å²) in [6.07, 6.45) is 11.5. The van der Waals surface area contributed by atoms with Crippen molar-refractivity contribution >= 4 is 11.9 Å². The van der Waals surface area contributed by atoms with Gasteiger partial charge in [-0.05, 0) is 13.0 Å². The summed E-state index contributed by atoms with van der Waals surface area (Å²) in [6.45, 7) is 2.72. The number of carbonyl (C=O) groups is 2. The summed E-state index contributed by atoms with van der Waals surface area (Å²) < 4.78 is 0. The molecule has 0 radical (unpaired) electrons. The molecular weight excluding hydrogens is 316 g/mol. The molecule has 5 nitrogen and oxygen atoms in total. The van der Waals surface area contributed by atoms with Crippen LogP contribution in [0.15, 0.2) is 0 Å². The van der Waals surface area contributed by atoms with Crippen LogP contribution in [0.3, 0.4) is 0 Å². The maximum absolute atomic E-state index is 10.7. The van der Waals surface area contributed by atoms with Crippen molar-refractivity contribution in [2.75, 3.05) is 6.54 Å². The maximum atomic E-state index is 10.7. The third-order valence-corrected chi connectivity index (χ3v) is 3.58. The van der Waals surface area contributed by atoms with E-state index < -0.39 is 24.4 Å². The van der Waals surface area contributed by atoms with E-state index in [4.69, 9.17) is 0 Å². The average Bonchev–Trinajstić information content (AvgIpc) is 2.42. The molecule has 0 aliphatic carbocycles. The molecule has 0 spiro atoms. The van der Waals surface area contributed by atoms with E-state index in [1.165, 1.54) is 44.9 Å². The second-order valence-electron chi connectivity index (χ2n) is 5.58. The number of aliphatic carboxylic acids is 2. The van der Waals surface area contributed by atoms with Crippen LogP contribution in [-0.4, -0.2) is 24.5 Å². The number of carbonyl (C=O) groups excluding carboxylic acids is 2. The predicted octanol–water partition coefficient (Wildman–Crippen LogP) is -5.24. The SMILES string of the molecule is CCCCCCCCCCCCNC(CC(=O)[O-])C(=O)[O-].[Na+].[Na+]. The molecule has 0 saturated carbocycles. The first kappa shape index (κ1) is 28.7. The Labute approximate surface area is 185 Å². The molecular formula is C16H29NNa2O4. The zero-order valence-corrected chi connectivity index (χ0v) is 19.2. The van der Waals surface area contributed by atoms with Gasteiger partial charge >= 0.3 is 59.1 Å². The van der Waals surface area contributed by atoms with Crippen molar-refractivity contribution in [2.45, 2.75) is 83.6 Å². The molecule has 0 aromatic heterocycles. The van der Waals surface area contributed by atoms with Gasteiger partial charge in [-0.3, -0.25) is 0 Å². The van der Waals surface area contributed by atoms with Gasteiger partial charge in [0.25, 0.3) is 0 Å². The summed E-state index contributed by atoms with van der Waals surface area (Å²) in [5, 5.41) is 23.7. The van der Waals surface area contributed by atoms with Crippen LogP contribution in [0.25, 0.3) is 0 Å². The Morgan fingerprint density at radius 1 is 0.826 bits per heavy atom. The second-order valence-corrected chi connectivity index (χ2v) is 5.58. The molecule has 23 heavy (non-hydrogen) atoms. The smallest absolute Gasteiger partial charge is 0.550 e. The van der Waals surface area contributed by atoms with Crippen molar-refractivity contribution in [1.82, 2.24) is 5.32 Å². The Hall–Kier alpha value is 0.900. The Morgan fingerprint density at radius 2 is 1.26 bits per heavy atom. The molecule has 0 saturated heterocycles. The van der Waals surface area contributed by atoms with Crippen LogP contribution < -0.4 is 74.6 Å². The van der Waals surface area contributed by atoms with Crippen LogP contribution in [0, 0.1) is 0 Å². The van der Waals surface area contributed by atoms with Crippen molar-refractivity contribution in [3.05, 3.63) is 0 Å². The maximum Gasteiger partial charge on any atom is 1.00 e. The molecule has 0 aromatic rings. The third kappa shape index (κ3) is 20.9. The molecule has 124 valence electrons. The van der Waals surface area contributed by atoms with E-state index in [0.717, 1.165) is 19.3 Å². The van der Waals surface area contributed by atoms with Crippen LogP contribution in [0.4, 0.5) is 0 Å². The van der Waals surface area contributed by atoms with Crippen LogP contribution >= 0.6 is 0 Å². The average molecular weight is 345 g/mol. The van der Waals surface area contributed by atoms with Crippen molar-refractivity contribution in [1.29, 1.82) is 0 Å². The fourth-order valence-corrected chi connectivity index (χ4v) is 2.29. The number of carboxylic acids is 2. The van der Waals surface area contributed by atoms with Crippen LogP contribution in [0.5, 0.6) is 0 Å². The predicted molar refractivity (Wildman–Crippen MR) is 78.3 cm³/mol. The molecule has 0 amide bonds. The van der Waals surface area contributed by atoms with Gasteiger partial charge in [0.2, 0.25) is 0 Å². The van der Waals surface area contributed by atoms with Gasteiger partial charge in [0.15, 0.2) is 0 Å². The molecule has 1 N–H and O–H groups in total. The largest absolute Gasteiger partial charge is 1.00 e. The van der Waals surface area contributed by atoms with Crippen molar-refractivity contribution in [3.63, 3.8) is 0 Å². The fraction of sp³-hybridized carbons (Fsp3) is 0.875. The summed E-state index contributed by atoms with van der Waals surface area (Å²) in [6, 6.07) is -1.14. The van der Waals surface area contributed by atoms with E-state index in [2.05, 4.69) is 12.2 Å². The minimum atomic E-state index is -1.38. The first-order chi connectivity index (χ1) is 10.1. The summed E-state index contributed by atoms with van der Waals surface area (Å²) in [7, 11) is 0. The Kier molecular flexibility index (Phi) is 26.1. The normalized spacial score (nSPS) is 11.2.